The molecule has 0 bridgehead atoms. The fourth-order valence-electron chi connectivity index (χ4n) is 2.36. The molecule has 1 aliphatic rings. The van der Waals surface area contributed by atoms with Crippen LogP contribution in [0.5, 0.6) is 0 Å². The Morgan fingerprint density at radius 2 is 2.00 bits per heavy atom. The van der Waals surface area contributed by atoms with Crippen LogP contribution in [0.4, 0.5) is 0 Å². The van der Waals surface area contributed by atoms with Crippen LogP contribution in [0.3, 0.4) is 0 Å². The van der Waals surface area contributed by atoms with Crippen LogP contribution in [0.1, 0.15) is 6.42 Å². The zero-order valence-corrected chi connectivity index (χ0v) is 14.8. The summed E-state index contributed by atoms with van der Waals surface area (Å²) < 4.78 is 49.0. The Bertz CT molecular complexity index is 704. The second-order valence-electron chi connectivity index (χ2n) is 5.18. The molecule has 2 heterocycles. The van der Waals surface area contributed by atoms with Crippen molar-refractivity contribution in [1.82, 2.24) is 14.6 Å². The third-order valence-electron chi connectivity index (χ3n) is 3.47. The van der Waals surface area contributed by atoms with Gasteiger partial charge in [0.2, 0.25) is 10.0 Å². The summed E-state index contributed by atoms with van der Waals surface area (Å²) in [5, 5.41) is 2.92. The Morgan fingerprint density at radius 1 is 1.32 bits per heavy atom. The van der Waals surface area contributed by atoms with Crippen molar-refractivity contribution in [3.05, 3.63) is 18.3 Å². The Balaban J connectivity index is 0.00000242. The molecule has 0 radical (unpaired) electrons. The fraction of sp³-hybridized carbons (Fsp3) is 0.583. The van der Waals surface area contributed by atoms with Crippen molar-refractivity contribution in [3.63, 3.8) is 0 Å². The molecule has 10 heteroatoms. The SMILES string of the molecule is CNCC1CCN(S(=O)(=O)c2ccc(S(C)(=O)=O)nc2)C1.Cl. The first kappa shape index (κ1) is 19.3. The highest BCUT2D eigenvalue weighted by atomic mass is 35.5. The number of pyridine rings is 1. The second kappa shape index (κ2) is 7.22. The maximum absolute atomic E-state index is 12.5. The molecule has 1 aromatic heterocycles. The summed E-state index contributed by atoms with van der Waals surface area (Å²) in [4.78, 5) is 3.76. The Morgan fingerprint density at radius 3 is 2.50 bits per heavy atom. The number of hydrogen-bond acceptors (Lipinski definition) is 6. The molecule has 0 spiro atoms. The molecular formula is C12H20ClN3O4S2. The highest BCUT2D eigenvalue weighted by Crippen LogP contribution is 2.24. The van der Waals surface area contributed by atoms with E-state index in [1.54, 1.807) is 0 Å². The molecule has 126 valence electrons. The van der Waals surface area contributed by atoms with Gasteiger partial charge in [-0.15, -0.1) is 12.4 Å². The van der Waals surface area contributed by atoms with Crippen LogP contribution in [-0.2, 0) is 19.9 Å². The van der Waals surface area contributed by atoms with E-state index in [4.69, 9.17) is 0 Å². The molecule has 1 fully saturated rings. The monoisotopic (exact) mass is 369 g/mol. The number of rotatable bonds is 5. The topological polar surface area (TPSA) is 96.4 Å². The molecule has 2 rings (SSSR count). The third-order valence-corrected chi connectivity index (χ3v) is 6.32. The molecule has 1 N–H and O–H groups in total. The lowest BCUT2D eigenvalue weighted by molar-refractivity contribution is 0.451. The lowest BCUT2D eigenvalue weighted by Gasteiger charge is -2.16. The number of nitrogens with one attached hydrogen (secondary N) is 1. The van der Waals surface area contributed by atoms with Crippen LogP contribution in [0, 0.1) is 5.92 Å². The number of sulfone groups is 1. The van der Waals surface area contributed by atoms with E-state index in [0.29, 0.717) is 19.0 Å². The van der Waals surface area contributed by atoms with Crippen molar-refractivity contribution in [2.75, 3.05) is 32.9 Å². The molecule has 1 saturated heterocycles. The van der Waals surface area contributed by atoms with E-state index in [2.05, 4.69) is 10.3 Å². The van der Waals surface area contributed by atoms with Gasteiger partial charge in [-0.2, -0.15) is 4.31 Å². The molecule has 1 atom stereocenters. The molecule has 0 amide bonds. The summed E-state index contributed by atoms with van der Waals surface area (Å²) in [6.07, 6.45) is 2.96. The fourth-order valence-corrected chi connectivity index (χ4v) is 4.39. The van der Waals surface area contributed by atoms with E-state index < -0.39 is 19.9 Å². The summed E-state index contributed by atoms with van der Waals surface area (Å²) in [5.74, 6) is 0.299. The maximum atomic E-state index is 12.5. The molecule has 1 unspecified atom stereocenters. The van der Waals surface area contributed by atoms with Crippen molar-refractivity contribution in [2.45, 2.75) is 16.3 Å². The van der Waals surface area contributed by atoms with Gasteiger partial charge in [-0.25, -0.2) is 21.8 Å². The van der Waals surface area contributed by atoms with E-state index in [1.807, 2.05) is 7.05 Å². The standard InChI is InChI=1S/C12H19N3O4S2.ClH/c1-13-7-10-5-6-15(9-10)21(18,19)11-3-4-12(14-8-11)20(2,16)17;/h3-4,8,10,13H,5-7,9H2,1-2H3;1H. The number of halogens is 1. The van der Waals surface area contributed by atoms with Crippen molar-refractivity contribution in [3.8, 4) is 0 Å². The van der Waals surface area contributed by atoms with Gasteiger partial charge in [0, 0.05) is 25.5 Å². The van der Waals surface area contributed by atoms with Gasteiger partial charge < -0.3 is 5.32 Å². The first-order valence-corrected chi connectivity index (χ1v) is 9.89. The first-order valence-electron chi connectivity index (χ1n) is 6.56. The minimum atomic E-state index is -3.60. The van der Waals surface area contributed by atoms with E-state index >= 15 is 0 Å². The summed E-state index contributed by atoms with van der Waals surface area (Å²) in [6.45, 7) is 1.72. The highest BCUT2D eigenvalue weighted by molar-refractivity contribution is 7.90. The normalized spacial score (nSPS) is 19.8. The van der Waals surface area contributed by atoms with Crippen molar-refractivity contribution >= 4 is 32.3 Å². The maximum Gasteiger partial charge on any atom is 0.244 e. The molecule has 0 saturated carbocycles. The van der Waals surface area contributed by atoms with Crippen LogP contribution >= 0.6 is 12.4 Å². The zero-order valence-electron chi connectivity index (χ0n) is 12.4. The van der Waals surface area contributed by atoms with Crippen molar-refractivity contribution in [2.24, 2.45) is 5.92 Å². The van der Waals surface area contributed by atoms with Crippen LogP contribution < -0.4 is 5.32 Å². The molecule has 7 nitrogen and oxygen atoms in total. The quantitative estimate of drug-likeness (QED) is 0.792. The summed E-state index contributed by atoms with van der Waals surface area (Å²) in [5.41, 5.74) is 0. The number of aromatic nitrogens is 1. The predicted octanol–water partition coefficient (Wildman–Crippen LogP) is 0.137. The lowest BCUT2D eigenvalue weighted by Crippen LogP contribution is -2.30. The molecule has 0 aromatic carbocycles. The van der Waals surface area contributed by atoms with E-state index in [-0.39, 0.29) is 22.3 Å². The Hall–Kier alpha value is -0.740. The van der Waals surface area contributed by atoms with Crippen molar-refractivity contribution < 1.29 is 16.8 Å². The zero-order chi connectivity index (χ0) is 15.7. The second-order valence-corrected chi connectivity index (χ2v) is 9.08. The van der Waals surface area contributed by atoms with Crippen LogP contribution in [0.15, 0.2) is 28.3 Å². The summed E-state index contributed by atoms with van der Waals surface area (Å²) >= 11 is 0. The van der Waals surface area contributed by atoms with Gasteiger partial charge in [-0.1, -0.05) is 0 Å². The van der Waals surface area contributed by atoms with Gasteiger partial charge in [-0.3, -0.25) is 0 Å². The van der Waals surface area contributed by atoms with Crippen molar-refractivity contribution in [1.29, 1.82) is 0 Å². The van der Waals surface area contributed by atoms with Crippen LogP contribution in [-0.4, -0.2) is 59.1 Å². The smallest absolute Gasteiger partial charge is 0.244 e. The molecule has 0 aliphatic carbocycles. The van der Waals surface area contributed by atoms with Crippen LogP contribution in [0.25, 0.3) is 0 Å². The highest BCUT2D eigenvalue weighted by Gasteiger charge is 2.32. The van der Waals surface area contributed by atoms with Gasteiger partial charge in [0.1, 0.15) is 4.90 Å². The third kappa shape index (κ3) is 4.17. The Kier molecular flexibility index (Phi) is 6.34. The lowest BCUT2D eigenvalue weighted by atomic mass is 10.1. The van der Waals surface area contributed by atoms with E-state index in [9.17, 15) is 16.8 Å². The summed E-state index contributed by atoms with van der Waals surface area (Å²) in [6, 6.07) is 2.52. The van der Waals surface area contributed by atoms with Gasteiger partial charge in [0.25, 0.3) is 0 Å². The van der Waals surface area contributed by atoms with Gasteiger partial charge >= 0.3 is 0 Å². The molecule has 22 heavy (non-hydrogen) atoms. The molecule has 1 aromatic rings. The average molecular weight is 370 g/mol. The van der Waals surface area contributed by atoms with E-state index in [0.717, 1.165) is 25.4 Å². The number of sulfonamides is 1. The summed E-state index contributed by atoms with van der Waals surface area (Å²) in [7, 11) is -5.19. The average Bonchev–Trinajstić information content (AvgIpc) is 2.88. The first-order chi connectivity index (χ1) is 9.75. The molecule has 1 aliphatic heterocycles. The minimum Gasteiger partial charge on any atom is -0.319 e. The Labute approximate surface area is 137 Å². The number of hydrogen-bond donors (Lipinski definition) is 1. The largest absolute Gasteiger partial charge is 0.319 e. The van der Waals surface area contributed by atoms with Crippen LogP contribution in [0.2, 0.25) is 0 Å². The van der Waals surface area contributed by atoms with Gasteiger partial charge in [0.05, 0.1) is 0 Å². The van der Waals surface area contributed by atoms with Gasteiger partial charge in [0.15, 0.2) is 14.9 Å². The molecular weight excluding hydrogens is 350 g/mol. The van der Waals surface area contributed by atoms with Gasteiger partial charge in [-0.05, 0) is 38.1 Å². The van der Waals surface area contributed by atoms with E-state index in [1.165, 1.54) is 16.4 Å². The predicted molar refractivity (Wildman–Crippen MR) is 85.4 cm³/mol. The minimum absolute atomic E-state index is 0. The number of nitrogens with zero attached hydrogens (tertiary/aromatic N) is 2.